The van der Waals surface area contributed by atoms with Crippen LogP contribution in [0.3, 0.4) is 0 Å². The van der Waals surface area contributed by atoms with Crippen LogP contribution in [0.4, 0.5) is 11.4 Å². The lowest BCUT2D eigenvalue weighted by Gasteiger charge is -2.29. The second-order valence-electron chi connectivity index (χ2n) is 9.87. The summed E-state index contributed by atoms with van der Waals surface area (Å²) in [6, 6.07) is 20.0. The van der Waals surface area contributed by atoms with E-state index in [-0.39, 0.29) is 23.0 Å². The zero-order valence-electron chi connectivity index (χ0n) is 22.3. The number of benzene rings is 3. The smallest absolute Gasteiger partial charge is 0.293 e. The number of methoxy groups -OCH3 is 1. The number of amides is 1. The van der Waals surface area contributed by atoms with E-state index in [1.807, 2.05) is 6.07 Å². The molecule has 0 spiro atoms. The Morgan fingerprint density at radius 2 is 1.65 bits per heavy atom. The molecule has 0 aliphatic carbocycles. The average molecular weight is 562 g/mol. The van der Waals surface area contributed by atoms with E-state index in [2.05, 4.69) is 17.6 Å². The van der Waals surface area contributed by atoms with Crippen molar-refractivity contribution in [1.29, 1.82) is 0 Å². The number of anilines is 2. The van der Waals surface area contributed by atoms with Gasteiger partial charge < -0.3 is 19.8 Å². The van der Waals surface area contributed by atoms with Crippen LogP contribution in [-0.4, -0.2) is 51.2 Å². The van der Waals surface area contributed by atoms with Gasteiger partial charge in [0.1, 0.15) is 11.3 Å². The standard InChI is InChI=1S/C30H31N3O6S/c1-20-15-17-33(18-16-20)40(36,37)24-13-7-21(8-14-24)26(34)19-31-28-25-5-3-4-6-27(25)39-29(28)30(35)32-22-9-11-23(38-2)12-10-22/h3-14,20,31H,15-19H2,1-2H3,(H,32,35). The summed E-state index contributed by atoms with van der Waals surface area (Å²) in [6.45, 7) is 3.01. The molecule has 5 rings (SSSR count). The van der Waals surface area contributed by atoms with Crippen LogP contribution in [0, 0.1) is 5.92 Å². The van der Waals surface area contributed by atoms with Crippen LogP contribution in [0.1, 0.15) is 40.7 Å². The highest BCUT2D eigenvalue weighted by atomic mass is 32.2. The number of Topliss-reactive ketones (excluding diaryl/α,β-unsaturated/α-hetero) is 1. The molecule has 0 bridgehead atoms. The minimum Gasteiger partial charge on any atom is -0.497 e. The van der Waals surface area contributed by atoms with Gasteiger partial charge >= 0.3 is 0 Å². The molecule has 9 nitrogen and oxygen atoms in total. The normalized spacial score (nSPS) is 14.7. The number of para-hydroxylation sites is 1. The molecule has 0 radical (unpaired) electrons. The van der Waals surface area contributed by atoms with Crippen molar-refractivity contribution < 1.29 is 27.2 Å². The fourth-order valence-electron chi connectivity index (χ4n) is 4.70. The van der Waals surface area contributed by atoms with Crippen LogP contribution in [-0.2, 0) is 10.0 Å². The predicted molar refractivity (Wildman–Crippen MR) is 154 cm³/mol. The maximum absolute atomic E-state index is 13.1. The molecule has 0 atom stereocenters. The van der Waals surface area contributed by atoms with Gasteiger partial charge in [0.05, 0.1) is 24.2 Å². The third kappa shape index (κ3) is 5.73. The highest BCUT2D eigenvalue weighted by molar-refractivity contribution is 7.89. The first kappa shape index (κ1) is 27.4. The molecule has 1 aromatic heterocycles. The molecule has 10 heteroatoms. The first-order valence-electron chi connectivity index (χ1n) is 13.1. The van der Waals surface area contributed by atoms with Gasteiger partial charge in [-0.2, -0.15) is 4.31 Å². The number of sulfonamides is 1. The van der Waals surface area contributed by atoms with Crippen LogP contribution in [0.15, 0.2) is 82.1 Å². The maximum atomic E-state index is 13.1. The Hall–Kier alpha value is -4.15. The zero-order chi connectivity index (χ0) is 28.3. The van der Waals surface area contributed by atoms with Crippen LogP contribution in [0.5, 0.6) is 5.75 Å². The molecule has 1 aliphatic heterocycles. The highest BCUT2D eigenvalue weighted by Gasteiger charge is 2.28. The molecule has 1 aliphatic rings. The molecule has 208 valence electrons. The number of ketones is 1. The van der Waals surface area contributed by atoms with Gasteiger partial charge in [0, 0.05) is 29.7 Å². The molecule has 1 amide bonds. The number of hydrogen-bond donors (Lipinski definition) is 2. The molecule has 4 aromatic rings. The summed E-state index contributed by atoms with van der Waals surface area (Å²) in [7, 11) is -2.04. The van der Waals surface area contributed by atoms with Gasteiger partial charge in [-0.05, 0) is 79.4 Å². The first-order chi connectivity index (χ1) is 19.3. The van der Waals surface area contributed by atoms with E-state index in [0.717, 1.165) is 12.8 Å². The van der Waals surface area contributed by atoms with Crippen molar-refractivity contribution in [2.45, 2.75) is 24.7 Å². The summed E-state index contributed by atoms with van der Waals surface area (Å²) in [5, 5.41) is 6.54. The average Bonchev–Trinajstić information content (AvgIpc) is 3.35. The molecule has 0 unspecified atom stereocenters. The minimum absolute atomic E-state index is 0.0436. The van der Waals surface area contributed by atoms with Gasteiger partial charge in [0.15, 0.2) is 5.78 Å². The van der Waals surface area contributed by atoms with Crippen molar-refractivity contribution in [3.63, 3.8) is 0 Å². The van der Waals surface area contributed by atoms with Gasteiger partial charge in [-0.3, -0.25) is 9.59 Å². The second kappa shape index (κ2) is 11.5. The van der Waals surface area contributed by atoms with Crippen molar-refractivity contribution in [1.82, 2.24) is 4.31 Å². The highest BCUT2D eigenvalue weighted by Crippen LogP contribution is 2.32. The number of carbonyl (C=O) groups excluding carboxylic acids is 2. The number of rotatable bonds is 9. The second-order valence-corrected chi connectivity index (χ2v) is 11.8. The van der Waals surface area contributed by atoms with E-state index in [1.54, 1.807) is 49.6 Å². The molecular weight excluding hydrogens is 530 g/mol. The number of fused-ring (bicyclic) bond motifs is 1. The first-order valence-corrected chi connectivity index (χ1v) is 14.5. The van der Waals surface area contributed by atoms with E-state index in [9.17, 15) is 18.0 Å². The van der Waals surface area contributed by atoms with Crippen LogP contribution in [0.2, 0.25) is 0 Å². The number of nitrogens with zero attached hydrogens (tertiary/aromatic N) is 1. The van der Waals surface area contributed by atoms with Crippen molar-refractivity contribution >= 4 is 44.1 Å². The lowest BCUT2D eigenvalue weighted by atomic mass is 10.0. The summed E-state index contributed by atoms with van der Waals surface area (Å²) in [5.41, 5.74) is 1.81. The number of nitrogens with one attached hydrogen (secondary N) is 2. The van der Waals surface area contributed by atoms with E-state index < -0.39 is 15.9 Å². The number of piperidine rings is 1. The third-order valence-electron chi connectivity index (χ3n) is 7.13. The monoisotopic (exact) mass is 561 g/mol. The minimum atomic E-state index is -3.60. The summed E-state index contributed by atoms with van der Waals surface area (Å²) in [5.74, 6) is 0.484. The number of carbonyl (C=O) groups is 2. The Bertz CT molecular complexity index is 1620. The summed E-state index contributed by atoms with van der Waals surface area (Å²) in [4.78, 5) is 26.3. The maximum Gasteiger partial charge on any atom is 0.293 e. The SMILES string of the molecule is COc1ccc(NC(=O)c2oc3ccccc3c2NCC(=O)c2ccc(S(=O)(=O)N3CCC(C)CC3)cc2)cc1. The van der Waals surface area contributed by atoms with Crippen LogP contribution < -0.4 is 15.4 Å². The molecule has 3 aromatic carbocycles. The van der Waals surface area contributed by atoms with E-state index in [1.165, 1.54) is 28.6 Å². The summed E-state index contributed by atoms with van der Waals surface area (Å²) >= 11 is 0. The molecule has 2 heterocycles. The third-order valence-corrected chi connectivity index (χ3v) is 9.04. The van der Waals surface area contributed by atoms with Gasteiger partial charge in [0.2, 0.25) is 15.8 Å². The fraction of sp³-hybridized carbons (Fsp3) is 0.267. The van der Waals surface area contributed by atoms with Crippen molar-refractivity contribution in [3.05, 3.63) is 84.1 Å². The summed E-state index contributed by atoms with van der Waals surface area (Å²) in [6.07, 6.45) is 1.68. The Balaban J connectivity index is 1.30. The van der Waals surface area contributed by atoms with Crippen molar-refractivity contribution in [2.75, 3.05) is 37.4 Å². The number of ether oxygens (including phenoxy) is 1. The van der Waals surface area contributed by atoms with Crippen LogP contribution >= 0.6 is 0 Å². The summed E-state index contributed by atoms with van der Waals surface area (Å²) < 4.78 is 38.6. The molecule has 0 saturated carbocycles. The van der Waals surface area contributed by atoms with Gasteiger partial charge in [-0.1, -0.05) is 19.1 Å². The molecular formula is C30H31N3O6S. The van der Waals surface area contributed by atoms with E-state index >= 15 is 0 Å². The lowest BCUT2D eigenvalue weighted by Crippen LogP contribution is -2.37. The number of hydrogen-bond acceptors (Lipinski definition) is 7. The lowest BCUT2D eigenvalue weighted by molar-refractivity contribution is 0.0991. The van der Waals surface area contributed by atoms with Gasteiger partial charge in [-0.25, -0.2) is 8.42 Å². The van der Waals surface area contributed by atoms with E-state index in [4.69, 9.17) is 9.15 Å². The number of furan rings is 1. The molecule has 1 saturated heterocycles. The van der Waals surface area contributed by atoms with Crippen molar-refractivity contribution in [3.8, 4) is 5.75 Å². The fourth-order valence-corrected chi connectivity index (χ4v) is 6.17. The molecule has 2 N–H and O–H groups in total. The van der Waals surface area contributed by atoms with Crippen molar-refractivity contribution in [2.24, 2.45) is 5.92 Å². The molecule has 40 heavy (non-hydrogen) atoms. The zero-order valence-corrected chi connectivity index (χ0v) is 23.2. The quantitative estimate of drug-likeness (QED) is 0.262. The Morgan fingerprint density at radius 3 is 2.33 bits per heavy atom. The Kier molecular flexibility index (Phi) is 7.90. The topological polar surface area (TPSA) is 118 Å². The van der Waals surface area contributed by atoms with Crippen LogP contribution in [0.25, 0.3) is 11.0 Å². The Morgan fingerprint density at radius 1 is 0.975 bits per heavy atom. The Labute approximate surface area is 233 Å². The predicted octanol–water partition coefficient (Wildman–Crippen LogP) is 5.41. The van der Waals surface area contributed by atoms with Gasteiger partial charge in [-0.15, -0.1) is 0 Å². The molecule has 1 fully saturated rings. The largest absolute Gasteiger partial charge is 0.497 e. The van der Waals surface area contributed by atoms with E-state index in [0.29, 0.717) is 52.7 Å². The van der Waals surface area contributed by atoms with Gasteiger partial charge in [0.25, 0.3) is 5.91 Å².